The summed E-state index contributed by atoms with van der Waals surface area (Å²) in [6, 6.07) is 15.0. The molecule has 0 radical (unpaired) electrons. The van der Waals surface area contributed by atoms with Crippen molar-refractivity contribution in [3.8, 4) is 0 Å². The molecule has 4 heteroatoms. The van der Waals surface area contributed by atoms with Crippen LogP contribution in [0.4, 0.5) is 11.4 Å². The number of carbonyl (C=O) groups is 2. The minimum atomic E-state index is -0.463. The highest BCUT2D eigenvalue weighted by Crippen LogP contribution is 2.37. The number of carbonyl (C=O) groups excluding carboxylic acids is 2. The molecule has 1 amide bonds. The van der Waals surface area contributed by atoms with Crippen molar-refractivity contribution < 1.29 is 9.59 Å². The van der Waals surface area contributed by atoms with Gasteiger partial charge in [0.25, 0.3) is 5.91 Å². The van der Waals surface area contributed by atoms with E-state index in [1.165, 1.54) is 6.92 Å². The molecule has 1 unspecified atom stereocenters. The van der Waals surface area contributed by atoms with Crippen LogP contribution in [0.25, 0.3) is 0 Å². The van der Waals surface area contributed by atoms with Crippen LogP contribution in [0.5, 0.6) is 0 Å². The largest absolute Gasteiger partial charge is 0.368 e. The number of aryl methyl sites for hydroxylation is 1. The molecule has 1 N–H and O–H groups in total. The summed E-state index contributed by atoms with van der Waals surface area (Å²) in [5, 5.41) is 3.30. The summed E-state index contributed by atoms with van der Waals surface area (Å²) in [5.41, 5.74) is 3.65. The third-order valence-electron chi connectivity index (χ3n) is 3.77. The molecule has 0 saturated heterocycles. The molecule has 22 heavy (non-hydrogen) atoms. The van der Waals surface area contributed by atoms with E-state index in [9.17, 15) is 9.59 Å². The lowest BCUT2D eigenvalue weighted by atomic mass is 10.0. The Labute approximate surface area is 129 Å². The number of Topliss-reactive ketones (excluding diaryl/α,β-unsaturated/α-hetero) is 1. The first-order chi connectivity index (χ1) is 10.6. The molecule has 0 aliphatic carbocycles. The Kier molecular flexibility index (Phi) is 3.67. The van der Waals surface area contributed by atoms with Crippen molar-refractivity contribution in [3.63, 3.8) is 0 Å². The molecule has 3 rings (SSSR count). The average molecular weight is 294 g/mol. The molecular weight excluding hydrogens is 276 g/mol. The van der Waals surface area contributed by atoms with E-state index >= 15 is 0 Å². The molecule has 0 bridgehead atoms. The fourth-order valence-electron chi connectivity index (χ4n) is 2.75. The van der Waals surface area contributed by atoms with Gasteiger partial charge in [0.1, 0.15) is 11.8 Å². The van der Waals surface area contributed by atoms with Gasteiger partial charge in [-0.2, -0.15) is 0 Å². The molecule has 1 aliphatic heterocycles. The summed E-state index contributed by atoms with van der Waals surface area (Å²) in [7, 11) is 0. The van der Waals surface area contributed by atoms with Gasteiger partial charge in [-0.15, -0.1) is 0 Å². The Morgan fingerprint density at radius 3 is 2.59 bits per heavy atom. The van der Waals surface area contributed by atoms with Gasteiger partial charge in [-0.05, 0) is 37.1 Å². The van der Waals surface area contributed by atoms with Gasteiger partial charge in [0.2, 0.25) is 0 Å². The fourth-order valence-corrected chi connectivity index (χ4v) is 2.75. The number of nitrogens with one attached hydrogen (secondary N) is 1. The van der Waals surface area contributed by atoms with Crippen molar-refractivity contribution >= 4 is 23.1 Å². The van der Waals surface area contributed by atoms with Gasteiger partial charge in [0, 0.05) is 0 Å². The van der Waals surface area contributed by atoms with Crippen LogP contribution < -0.4 is 10.2 Å². The summed E-state index contributed by atoms with van der Waals surface area (Å²) >= 11 is 0. The second kappa shape index (κ2) is 5.64. The second-order valence-electron chi connectivity index (χ2n) is 5.64. The molecule has 0 fully saturated rings. The molecule has 0 aromatic heterocycles. The second-order valence-corrected chi connectivity index (χ2v) is 5.64. The number of rotatable bonds is 3. The summed E-state index contributed by atoms with van der Waals surface area (Å²) in [5.74, 6) is -0.133. The van der Waals surface area contributed by atoms with Crippen molar-refractivity contribution in [2.45, 2.75) is 19.9 Å². The average Bonchev–Trinajstić information content (AvgIpc) is 2.50. The lowest BCUT2D eigenvalue weighted by Gasteiger charge is -2.35. The number of fused-ring (bicyclic) bond motifs is 1. The molecule has 0 saturated carbocycles. The van der Waals surface area contributed by atoms with Crippen LogP contribution in [-0.2, 0) is 9.59 Å². The first-order valence-corrected chi connectivity index (χ1v) is 7.29. The maximum Gasteiger partial charge on any atom is 0.254 e. The Morgan fingerprint density at radius 1 is 1.18 bits per heavy atom. The van der Waals surface area contributed by atoms with E-state index in [1.54, 1.807) is 4.90 Å². The number of hydrogen-bond donors (Lipinski definition) is 1. The number of nitrogens with zero attached hydrogens (tertiary/aromatic N) is 1. The van der Waals surface area contributed by atoms with E-state index in [2.05, 4.69) is 5.32 Å². The lowest BCUT2D eigenvalue weighted by Crippen LogP contribution is -2.44. The molecule has 2 aromatic rings. The molecule has 112 valence electrons. The Hall–Kier alpha value is -2.62. The van der Waals surface area contributed by atoms with E-state index in [-0.39, 0.29) is 18.2 Å². The fraction of sp³-hybridized carbons (Fsp3) is 0.222. The van der Waals surface area contributed by atoms with Gasteiger partial charge in [-0.25, -0.2) is 0 Å². The molecule has 2 aromatic carbocycles. The summed E-state index contributed by atoms with van der Waals surface area (Å²) in [6.45, 7) is 3.60. The van der Waals surface area contributed by atoms with Gasteiger partial charge in [0.05, 0.1) is 17.9 Å². The topological polar surface area (TPSA) is 49.4 Å². The number of benzene rings is 2. The first-order valence-electron chi connectivity index (χ1n) is 7.29. The summed E-state index contributed by atoms with van der Waals surface area (Å²) in [6.07, 6.45) is 0. The third-order valence-corrected chi connectivity index (χ3v) is 3.77. The van der Waals surface area contributed by atoms with Crippen molar-refractivity contribution in [3.05, 3.63) is 59.7 Å². The molecule has 1 aliphatic rings. The van der Waals surface area contributed by atoms with Crippen LogP contribution in [0.3, 0.4) is 0 Å². The zero-order valence-corrected chi connectivity index (χ0v) is 12.7. The zero-order chi connectivity index (χ0) is 15.7. The van der Waals surface area contributed by atoms with Crippen molar-refractivity contribution in [2.24, 2.45) is 0 Å². The van der Waals surface area contributed by atoms with Gasteiger partial charge < -0.3 is 10.2 Å². The SMILES string of the molecule is CC(=O)CN1C(=O)C(c2ccccc2)Nc2cc(C)ccc21. The monoisotopic (exact) mass is 294 g/mol. The van der Waals surface area contributed by atoms with Crippen molar-refractivity contribution in [2.75, 3.05) is 16.8 Å². The Balaban J connectivity index is 2.06. The summed E-state index contributed by atoms with van der Waals surface area (Å²) < 4.78 is 0. The number of amides is 1. The van der Waals surface area contributed by atoms with Crippen LogP contribution in [0.15, 0.2) is 48.5 Å². The number of ketones is 1. The quantitative estimate of drug-likeness (QED) is 0.946. The lowest BCUT2D eigenvalue weighted by molar-refractivity contribution is -0.122. The predicted molar refractivity (Wildman–Crippen MR) is 87.0 cm³/mol. The van der Waals surface area contributed by atoms with Gasteiger partial charge in [-0.3, -0.25) is 9.59 Å². The van der Waals surface area contributed by atoms with E-state index in [0.717, 1.165) is 22.5 Å². The molecule has 0 spiro atoms. The summed E-state index contributed by atoms with van der Waals surface area (Å²) in [4.78, 5) is 26.0. The smallest absolute Gasteiger partial charge is 0.254 e. The molecule has 4 nitrogen and oxygen atoms in total. The van der Waals surface area contributed by atoms with Gasteiger partial charge in [0.15, 0.2) is 0 Å². The molecule has 1 atom stereocenters. The Morgan fingerprint density at radius 2 is 1.91 bits per heavy atom. The molecule has 1 heterocycles. The van der Waals surface area contributed by atoms with Gasteiger partial charge >= 0.3 is 0 Å². The highest BCUT2D eigenvalue weighted by molar-refractivity contribution is 6.08. The predicted octanol–water partition coefficient (Wildman–Crippen LogP) is 3.08. The highest BCUT2D eigenvalue weighted by Gasteiger charge is 2.33. The maximum absolute atomic E-state index is 12.8. The zero-order valence-electron chi connectivity index (χ0n) is 12.7. The van der Waals surface area contributed by atoms with Crippen LogP contribution in [0.2, 0.25) is 0 Å². The minimum absolute atomic E-state index is 0.0337. The number of hydrogen-bond acceptors (Lipinski definition) is 3. The van der Waals surface area contributed by atoms with Crippen LogP contribution in [0.1, 0.15) is 24.1 Å². The van der Waals surface area contributed by atoms with E-state index in [4.69, 9.17) is 0 Å². The standard InChI is InChI=1S/C18H18N2O2/c1-12-8-9-16-15(10-12)19-17(14-6-4-3-5-7-14)18(22)20(16)11-13(2)21/h3-10,17,19H,11H2,1-2H3. The minimum Gasteiger partial charge on any atom is -0.368 e. The maximum atomic E-state index is 12.8. The van der Waals surface area contributed by atoms with Gasteiger partial charge in [-0.1, -0.05) is 36.4 Å². The van der Waals surface area contributed by atoms with Crippen LogP contribution in [-0.4, -0.2) is 18.2 Å². The first kappa shape index (κ1) is 14.3. The molecular formula is C18H18N2O2. The van der Waals surface area contributed by atoms with E-state index < -0.39 is 6.04 Å². The van der Waals surface area contributed by atoms with Crippen molar-refractivity contribution in [1.82, 2.24) is 0 Å². The Bertz CT molecular complexity index is 725. The third kappa shape index (κ3) is 2.60. The van der Waals surface area contributed by atoms with Crippen LogP contribution in [0, 0.1) is 6.92 Å². The van der Waals surface area contributed by atoms with Crippen molar-refractivity contribution in [1.29, 1.82) is 0 Å². The van der Waals surface area contributed by atoms with E-state index in [1.807, 2.05) is 55.5 Å². The van der Waals surface area contributed by atoms with E-state index in [0.29, 0.717) is 0 Å². The number of anilines is 2. The van der Waals surface area contributed by atoms with Crippen LogP contribution >= 0.6 is 0 Å². The highest BCUT2D eigenvalue weighted by atomic mass is 16.2. The normalized spacial score (nSPS) is 16.9.